The molecule has 2 aromatic rings. The number of pyridine rings is 1. The molecule has 0 bridgehead atoms. The van der Waals surface area contributed by atoms with Crippen LogP contribution in [-0.4, -0.2) is 22.9 Å². The van der Waals surface area contributed by atoms with Crippen molar-refractivity contribution in [2.75, 3.05) is 0 Å². The van der Waals surface area contributed by atoms with Gasteiger partial charge in [0.05, 0.1) is 5.02 Å². The maximum Gasteiger partial charge on any atom is 0.251 e. The number of rotatable bonds is 4. The van der Waals surface area contributed by atoms with Crippen LogP contribution in [0.5, 0.6) is 0 Å². The number of fused-ring (bicyclic) bond motifs is 1. The van der Waals surface area contributed by atoms with Gasteiger partial charge in [0.2, 0.25) is 0 Å². The van der Waals surface area contributed by atoms with E-state index in [-0.39, 0.29) is 17.9 Å². The minimum Gasteiger partial charge on any atom is -0.370 e. The summed E-state index contributed by atoms with van der Waals surface area (Å²) in [5, 5.41) is 4.97. The molecule has 3 rings (SSSR count). The lowest BCUT2D eigenvalue weighted by Gasteiger charge is -2.20. The summed E-state index contributed by atoms with van der Waals surface area (Å²) in [5.74, 6) is 0.688. The number of aliphatic imine (C=N–C) groups is 1. The fourth-order valence-corrected chi connectivity index (χ4v) is 3.63. The van der Waals surface area contributed by atoms with E-state index >= 15 is 0 Å². The number of amides is 1. The first kappa shape index (κ1) is 17.5. The maximum absolute atomic E-state index is 12.6. The number of guanidine groups is 1. The van der Waals surface area contributed by atoms with Crippen molar-refractivity contribution in [2.24, 2.45) is 22.4 Å². The van der Waals surface area contributed by atoms with Crippen LogP contribution in [0.2, 0.25) is 5.02 Å². The molecule has 1 aliphatic carbocycles. The van der Waals surface area contributed by atoms with Crippen LogP contribution < -0.4 is 16.8 Å². The Bertz CT molecular complexity index is 826. The highest BCUT2D eigenvalue weighted by atomic mass is 35.5. The van der Waals surface area contributed by atoms with Gasteiger partial charge in [-0.15, -0.1) is 0 Å². The van der Waals surface area contributed by atoms with Crippen molar-refractivity contribution in [3.8, 4) is 0 Å². The second-order valence-electron chi connectivity index (χ2n) is 6.53. The normalized spacial score (nSPS) is 15.9. The van der Waals surface area contributed by atoms with Crippen LogP contribution in [0.15, 0.2) is 29.4 Å². The van der Waals surface area contributed by atoms with E-state index in [1.54, 1.807) is 18.2 Å². The number of hydrogen-bond acceptors (Lipinski definition) is 3. The van der Waals surface area contributed by atoms with Crippen molar-refractivity contribution in [3.05, 3.63) is 35.0 Å². The lowest BCUT2D eigenvalue weighted by molar-refractivity contribution is 0.0927. The average molecular weight is 360 g/mol. The largest absolute Gasteiger partial charge is 0.370 e. The fraction of sp³-hybridized carbons (Fsp3) is 0.389. The molecule has 1 unspecified atom stereocenters. The second kappa shape index (κ2) is 7.27. The summed E-state index contributed by atoms with van der Waals surface area (Å²) in [7, 11) is 0. The third kappa shape index (κ3) is 3.85. The van der Waals surface area contributed by atoms with Gasteiger partial charge in [0.1, 0.15) is 0 Å². The first-order chi connectivity index (χ1) is 12.0. The number of nitrogens with one attached hydrogen (secondary N) is 1. The van der Waals surface area contributed by atoms with Gasteiger partial charge in [-0.05, 0) is 37.8 Å². The van der Waals surface area contributed by atoms with E-state index in [1.165, 1.54) is 31.9 Å². The Kier molecular flexibility index (Phi) is 5.08. The van der Waals surface area contributed by atoms with Crippen LogP contribution >= 0.6 is 11.6 Å². The number of benzene rings is 1. The number of nitrogens with two attached hydrogens (primary N) is 2. The van der Waals surface area contributed by atoms with Gasteiger partial charge in [-0.25, -0.2) is 4.98 Å². The summed E-state index contributed by atoms with van der Waals surface area (Å²) in [4.78, 5) is 20.8. The molecule has 1 fully saturated rings. The Morgan fingerprint density at radius 2 is 2.04 bits per heavy atom. The lowest BCUT2D eigenvalue weighted by Crippen LogP contribution is -2.37. The minimum atomic E-state index is -0.114. The van der Waals surface area contributed by atoms with Gasteiger partial charge < -0.3 is 16.8 Å². The third-order valence-corrected chi connectivity index (χ3v) is 5.08. The van der Waals surface area contributed by atoms with Crippen molar-refractivity contribution in [1.82, 2.24) is 10.3 Å². The van der Waals surface area contributed by atoms with E-state index in [1.807, 2.05) is 0 Å². The zero-order valence-corrected chi connectivity index (χ0v) is 14.9. The van der Waals surface area contributed by atoms with E-state index in [0.29, 0.717) is 27.7 Å². The number of halogens is 1. The zero-order valence-electron chi connectivity index (χ0n) is 14.1. The predicted molar refractivity (Wildman–Crippen MR) is 101 cm³/mol. The third-order valence-electron chi connectivity index (χ3n) is 4.78. The Morgan fingerprint density at radius 1 is 1.32 bits per heavy atom. The average Bonchev–Trinajstić information content (AvgIpc) is 3.11. The summed E-state index contributed by atoms with van der Waals surface area (Å²) in [5.41, 5.74) is 11.5. The smallest absolute Gasteiger partial charge is 0.251 e. The Hall–Kier alpha value is -2.34. The number of carbonyl (C=O) groups is 1. The van der Waals surface area contributed by atoms with E-state index in [4.69, 9.17) is 23.1 Å². The highest BCUT2D eigenvalue weighted by Gasteiger charge is 2.23. The highest BCUT2D eigenvalue weighted by molar-refractivity contribution is 6.35. The fourth-order valence-electron chi connectivity index (χ4n) is 3.41. The first-order valence-electron chi connectivity index (χ1n) is 8.44. The van der Waals surface area contributed by atoms with Crippen LogP contribution in [0.4, 0.5) is 5.82 Å². The van der Waals surface area contributed by atoms with Gasteiger partial charge in [0.15, 0.2) is 11.8 Å². The molecule has 5 N–H and O–H groups in total. The summed E-state index contributed by atoms with van der Waals surface area (Å²) < 4.78 is 0. The molecule has 132 valence electrons. The second-order valence-corrected chi connectivity index (χ2v) is 6.94. The van der Waals surface area contributed by atoms with Crippen LogP contribution in [0.25, 0.3) is 10.8 Å². The molecule has 1 aliphatic rings. The molecule has 1 aromatic heterocycles. The number of carbonyl (C=O) groups excluding carboxylic acids is 1. The van der Waals surface area contributed by atoms with Gasteiger partial charge in [-0.2, -0.15) is 4.99 Å². The summed E-state index contributed by atoms with van der Waals surface area (Å²) in [6.45, 7) is 2.07. The SMILES string of the molecule is CC(NC(=O)c1ccc2c(Cl)cnc(N=C(N)N)c2c1)C1CCCC1. The molecule has 1 amide bonds. The van der Waals surface area contributed by atoms with Gasteiger partial charge in [-0.1, -0.05) is 30.5 Å². The predicted octanol–water partition coefficient (Wildman–Crippen LogP) is 3.10. The van der Waals surface area contributed by atoms with Crippen LogP contribution in [0.3, 0.4) is 0 Å². The van der Waals surface area contributed by atoms with Crippen molar-refractivity contribution in [3.63, 3.8) is 0 Å². The molecule has 0 spiro atoms. The maximum atomic E-state index is 12.6. The number of aromatic nitrogens is 1. The molecule has 0 radical (unpaired) electrons. The molecule has 1 aromatic carbocycles. The number of hydrogen-bond donors (Lipinski definition) is 3. The highest BCUT2D eigenvalue weighted by Crippen LogP contribution is 2.31. The van der Waals surface area contributed by atoms with E-state index in [2.05, 4.69) is 22.2 Å². The Balaban J connectivity index is 1.91. The van der Waals surface area contributed by atoms with E-state index < -0.39 is 0 Å². The van der Waals surface area contributed by atoms with E-state index in [0.717, 1.165) is 5.39 Å². The molecule has 0 aliphatic heterocycles. The molecule has 1 atom stereocenters. The van der Waals surface area contributed by atoms with Crippen LogP contribution in [0, 0.1) is 5.92 Å². The van der Waals surface area contributed by atoms with Crippen molar-refractivity contribution in [2.45, 2.75) is 38.6 Å². The molecular weight excluding hydrogens is 338 g/mol. The molecule has 6 nitrogen and oxygen atoms in total. The summed E-state index contributed by atoms with van der Waals surface area (Å²) in [6.07, 6.45) is 6.33. The van der Waals surface area contributed by atoms with Crippen LogP contribution in [0.1, 0.15) is 43.0 Å². The molecule has 0 saturated heterocycles. The van der Waals surface area contributed by atoms with E-state index in [9.17, 15) is 4.79 Å². The van der Waals surface area contributed by atoms with Gasteiger partial charge in [-0.3, -0.25) is 4.79 Å². The Labute approximate surface area is 151 Å². The van der Waals surface area contributed by atoms with Gasteiger partial charge in [0.25, 0.3) is 5.91 Å². The van der Waals surface area contributed by atoms with Crippen LogP contribution in [-0.2, 0) is 0 Å². The quantitative estimate of drug-likeness (QED) is 0.576. The van der Waals surface area contributed by atoms with Crippen molar-refractivity contribution >= 4 is 40.1 Å². The summed E-state index contributed by atoms with van der Waals surface area (Å²) in [6, 6.07) is 5.43. The van der Waals surface area contributed by atoms with Crippen molar-refractivity contribution in [1.29, 1.82) is 0 Å². The summed E-state index contributed by atoms with van der Waals surface area (Å²) >= 11 is 6.19. The molecule has 1 saturated carbocycles. The lowest BCUT2D eigenvalue weighted by atomic mass is 9.99. The molecular formula is C18H22ClN5O. The van der Waals surface area contributed by atoms with Crippen molar-refractivity contribution < 1.29 is 4.79 Å². The zero-order chi connectivity index (χ0) is 18.0. The molecule has 7 heteroatoms. The first-order valence-corrected chi connectivity index (χ1v) is 8.82. The topological polar surface area (TPSA) is 106 Å². The Morgan fingerprint density at radius 3 is 2.72 bits per heavy atom. The van der Waals surface area contributed by atoms with Gasteiger partial charge in [0, 0.05) is 28.6 Å². The number of nitrogens with zero attached hydrogens (tertiary/aromatic N) is 2. The standard InChI is InChI=1S/C18H22ClN5O/c1-10(11-4-2-3-5-11)23-17(25)12-6-7-13-14(8-12)16(24-18(20)21)22-9-15(13)19/h6-11H,2-5H2,1H3,(H,23,25)(H4,20,21,22,24). The molecule has 1 heterocycles. The molecule has 25 heavy (non-hydrogen) atoms. The minimum absolute atomic E-state index is 0.0965. The monoisotopic (exact) mass is 359 g/mol. The van der Waals surface area contributed by atoms with Gasteiger partial charge >= 0.3 is 0 Å².